The standard InChI is InChI=1S/C11H22N4O/c1-9-8-11(14-4-6-16-7-5-14)15-10(13-9)2-3-12-15/h9-13H,2-8H2,1H3. The Labute approximate surface area is 97.1 Å². The van der Waals surface area contributed by atoms with Gasteiger partial charge < -0.3 is 4.74 Å². The molecule has 0 spiro atoms. The zero-order valence-corrected chi connectivity index (χ0v) is 9.98. The van der Waals surface area contributed by atoms with Crippen molar-refractivity contribution in [3.05, 3.63) is 0 Å². The maximum absolute atomic E-state index is 5.43. The summed E-state index contributed by atoms with van der Waals surface area (Å²) in [5.41, 5.74) is 3.51. The summed E-state index contributed by atoms with van der Waals surface area (Å²) in [6.45, 7) is 7.31. The minimum absolute atomic E-state index is 0.525. The summed E-state index contributed by atoms with van der Waals surface area (Å²) >= 11 is 0. The molecule has 0 aromatic heterocycles. The maximum atomic E-state index is 5.43. The third-order valence-electron chi connectivity index (χ3n) is 3.88. The summed E-state index contributed by atoms with van der Waals surface area (Å²) in [5.74, 6) is 0. The first-order chi connectivity index (χ1) is 7.84. The molecule has 16 heavy (non-hydrogen) atoms. The van der Waals surface area contributed by atoms with Crippen molar-refractivity contribution in [3.8, 4) is 0 Å². The number of hydrazine groups is 1. The molecule has 3 heterocycles. The zero-order valence-electron chi connectivity index (χ0n) is 9.98. The fourth-order valence-electron chi connectivity index (χ4n) is 3.08. The summed E-state index contributed by atoms with van der Waals surface area (Å²) in [7, 11) is 0. The number of fused-ring (bicyclic) bond motifs is 1. The molecule has 0 aromatic carbocycles. The van der Waals surface area contributed by atoms with Gasteiger partial charge in [-0.3, -0.25) is 15.6 Å². The highest BCUT2D eigenvalue weighted by molar-refractivity contribution is 4.90. The van der Waals surface area contributed by atoms with Crippen molar-refractivity contribution in [2.75, 3.05) is 32.8 Å². The first-order valence-electron chi connectivity index (χ1n) is 6.44. The highest BCUT2D eigenvalue weighted by Crippen LogP contribution is 2.23. The fourth-order valence-corrected chi connectivity index (χ4v) is 3.08. The Morgan fingerprint density at radius 3 is 2.88 bits per heavy atom. The van der Waals surface area contributed by atoms with E-state index in [1.54, 1.807) is 0 Å². The van der Waals surface area contributed by atoms with E-state index < -0.39 is 0 Å². The smallest absolute Gasteiger partial charge is 0.0792 e. The molecule has 0 aromatic rings. The quantitative estimate of drug-likeness (QED) is 0.634. The van der Waals surface area contributed by atoms with Crippen molar-refractivity contribution in [2.45, 2.75) is 38.1 Å². The van der Waals surface area contributed by atoms with E-state index in [9.17, 15) is 0 Å². The van der Waals surface area contributed by atoms with Gasteiger partial charge in [0.25, 0.3) is 0 Å². The van der Waals surface area contributed by atoms with Crippen LogP contribution in [0.1, 0.15) is 19.8 Å². The summed E-state index contributed by atoms with van der Waals surface area (Å²) < 4.78 is 5.43. The molecule has 3 saturated heterocycles. The molecule has 2 N–H and O–H groups in total. The molecule has 0 saturated carbocycles. The molecule has 92 valence electrons. The van der Waals surface area contributed by atoms with E-state index in [0.717, 1.165) is 32.8 Å². The lowest BCUT2D eigenvalue weighted by Crippen LogP contribution is -2.65. The number of hydrogen-bond acceptors (Lipinski definition) is 5. The minimum Gasteiger partial charge on any atom is -0.379 e. The van der Waals surface area contributed by atoms with Crippen LogP contribution >= 0.6 is 0 Å². The van der Waals surface area contributed by atoms with Crippen molar-refractivity contribution < 1.29 is 4.74 Å². The number of nitrogens with zero attached hydrogens (tertiary/aromatic N) is 2. The molecule has 0 aliphatic carbocycles. The van der Waals surface area contributed by atoms with Crippen LogP contribution in [0.3, 0.4) is 0 Å². The summed E-state index contributed by atoms with van der Waals surface area (Å²) in [6, 6.07) is 0.619. The maximum Gasteiger partial charge on any atom is 0.0792 e. The average molecular weight is 226 g/mol. The predicted octanol–water partition coefficient (Wildman–Crippen LogP) is -0.437. The van der Waals surface area contributed by atoms with Gasteiger partial charge in [0.2, 0.25) is 0 Å². The topological polar surface area (TPSA) is 39.8 Å². The fraction of sp³-hybridized carbons (Fsp3) is 1.00. The third kappa shape index (κ3) is 1.98. The molecule has 3 rings (SSSR count). The van der Waals surface area contributed by atoms with Crippen LogP contribution in [0, 0.1) is 0 Å². The van der Waals surface area contributed by atoms with E-state index in [2.05, 4.69) is 27.6 Å². The summed E-state index contributed by atoms with van der Waals surface area (Å²) in [6.07, 6.45) is 3.48. The molecule has 5 nitrogen and oxygen atoms in total. The molecule has 3 unspecified atom stereocenters. The lowest BCUT2D eigenvalue weighted by molar-refractivity contribution is -0.0832. The molecule has 5 heteroatoms. The Balaban J connectivity index is 1.70. The number of morpholine rings is 1. The Kier molecular flexibility index (Phi) is 3.13. The van der Waals surface area contributed by atoms with Crippen molar-refractivity contribution >= 4 is 0 Å². The Hall–Kier alpha value is -0.200. The first kappa shape index (κ1) is 10.9. The Morgan fingerprint density at radius 2 is 2.06 bits per heavy atom. The minimum atomic E-state index is 0.525. The zero-order chi connectivity index (χ0) is 11.0. The number of nitrogens with one attached hydrogen (secondary N) is 2. The van der Waals surface area contributed by atoms with Gasteiger partial charge in [0.15, 0.2) is 0 Å². The molecule has 3 aliphatic rings. The Morgan fingerprint density at radius 1 is 1.25 bits per heavy atom. The van der Waals surface area contributed by atoms with E-state index >= 15 is 0 Å². The molecule has 0 bridgehead atoms. The van der Waals surface area contributed by atoms with Crippen LogP contribution in [0.25, 0.3) is 0 Å². The van der Waals surface area contributed by atoms with Gasteiger partial charge in [0.05, 0.1) is 25.5 Å². The van der Waals surface area contributed by atoms with E-state index in [1.807, 2.05) is 0 Å². The van der Waals surface area contributed by atoms with Gasteiger partial charge in [-0.25, -0.2) is 5.01 Å². The van der Waals surface area contributed by atoms with Crippen LogP contribution in [-0.2, 0) is 4.74 Å². The van der Waals surface area contributed by atoms with E-state index in [1.165, 1.54) is 12.8 Å². The molecule has 3 fully saturated rings. The van der Waals surface area contributed by atoms with Gasteiger partial charge in [-0.1, -0.05) is 0 Å². The van der Waals surface area contributed by atoms with Crippen molar-refractivity contribution in [1.29, 1.82) is 0 Å². The van der Waals surface area contributed by atoms with Gasteiger partial charge >= 0.3 is 0 Å². The number of hydrogen-bond donors (Lipinski definition) is 2. The normalized spacial score (nSPS) is 42.2. The molecule has 0 radical (unpaired) electrons. The second kappa shape index (κ2) is 4.58. The van der Waals surface area contributed by atoms with Crippen molar-refractivity contribution in [2.24, 2.45) is 0 Å². The highest BCUT2D eigenvalue weighted by atomic mass is 16.5. The van der Waals surface area contributed by atoms with Gasteiger partial charge in [-0.2, -0.15) is 0 Å². The van der Waals surface area contributed by atoms with Crippen LogP contribution in [0.5, 0.6) is 0 Å². The molecular weight excluding hydrogens is 204 g/mol. The van der Waals surface area contributed by atoms with Gasteiger partial charge in [0, 0.05) is 25.7 Å². The van der Waals surface area contributed by atoms with Gasteiger partial charge in [-0.05, 0) is 19.8 Å². The largest absolute Gasteiger partial charge is 0.379 e. The van der Waals surface area contributed by atoms with E-state index in [-0.39, 0.29) is 0 Å². The SMILES string of the molecule is CC1CC(N2CCOCC2)N2NCCC2N1. The van der Waals surface area contributed by atoms with Crippen LogP contribution in [0.2, 0.25) is 0 Å². The third-order valence-corrected chi connectivity index (χ3v) is 3.88. The molecular formula is C11H22N4O. The van der Waals surface area contributed by atoms with Gasteiger partial charge in [-0.15, -0.1) is 0 Å². The lowest BCUT2D eigenvalue weighted by atomic mass is 10.1. The molecule has 3 atom stereocenters. The average Bonchev–Trinajstić information content (AvgIpc) is 2.77. The van der Waals surface area contributed by atoms with Crippen molar-refractivity contribution in [3.63, 3.8) is 0 Å². The predicted molar refractivity (Wildman–Crippen MR) is 61.6 cm³/mol. The highest BCUT2D eigenvalue weighted by Gasteiger charge is 2.39. The number of ether oxygens (including phenoxy) is 1. The monoisotopic (exact) mass is 226 g/mol. The van der Waals surface area contributed by atoms with E-state index in [0.29, 0.717) is 18.4 Å². The van der Waals surface area contributed by atoms with E-state index in [4.69, 9.17) is 4.74 Å². The molecule has 0 amide bonds. The van der Waals surface area contributed by atoms with Gasteiger partial charge in [0.1, 0.15) is 0 Å². The molecule has 3 aliphatic heterocycles. The number of rotatable bonds is 1. The summed E-state index contributed by atoms with van der Waals surface area (Å²) in [5, 5.41) is 6.07. The van der Waals surface area contributed by atoms with Crippen LogP contribution < -0.4 is 10.7 Å². The first-order valence-corrected chi connectivity index (χ1v) is 6.44. The Bertz CT molecular complexity index is 244. The lowest BCUT2D eigenvalue weighted by Gasteiger charge is -2.47. The second-order valence-corrected chi connectivity index (χ2v) is 5.05. The van der Waals surface area contributed by atoms with Crippen LogP contribution in [0.15, 0.2) is 0 Å². The summed E-state index contributed by atoms with van der Waals surface area (Å²) in [4.78, 5) is 2.56. The van der Waals surface area contributed by atoms with Crippen molar-refractivity contribution in [1.82, 2.24) is 20.7 Å². The second-order valence-electron chi connectivity index (χ2n) is 5.05. The van der Waals surface area contributed by atoms with Crippen LogP contribution in [0.4, 0.5) is 0 Å². The van der Waals surface area contributed by atoms with Crippen LogP contribution in [-0.4, -0.2) is 61.1 Å².